The third-order valence-electron chi connectivity index (χ3n) is 5.75. The Bertz CT molecular complexity index is 1270. The van der Waals surface area contributed by atoms with Crippen molar-refractivity contribution in [3.8, 4) is 23.0 Å². The van der Waals surface area contributed by atoms with Crippen molar-refractivity contribution in [2.45, 2.75) is 46.5 Å². The van der Waals surface area contributed by atoms with E-state index in [9.17, 15) is 23.9 Å². The number of amides is 1. The minimum absolute atomic E-state index is 0. The van der Waals surface area contributed by atoms with Gasteiger partial charge in [-0.15, -0.1) is 0 Å². The van der Waals surface area contributed by atoms with Gasteiger partial charge in [-0.05, 0) is 24.6 Å². The first-order valence-corrected chi connectivity index (χ1v) is 11.1. The molecule has 2 aliphatic rings. The van der Waals surface area contributed by atoms with Crippen molar-refractivity contribution in [2.24, 2.45) is 0 Å². The Morgan fingerprint density at radius 1 is 1.26 bits per heavy atom. The van der Waals surface area contributed by atoms with Gasteiger partial charge in [-0.2, -0.15) is 10.4 Å². The minimum Gasteiger partial charge on any atom is -0.388 e. The number of aliphatic hydroxyl groups excluding tert-OH is 1. The first-order chi connectivity index (χ1) is 16.5. The number of fused-ring (bicyclic) bond motifs is 1. The summed E-state index contributed by atoms with van der Waals surface area (Å²) in [5.41, 5.74) is 1.54. The SMILES string of the molecule is C.CC.N#Cc1cccc(F)c1-c1cc(-n2ccc(N3CCC(F)C(O)C3)n2)c2c(n1)CNC2=O. The van der Waals surface area contributed by atoms with Gasteiger partial charge in [0.2, 0.25) is 0 Å². The zero-order chi connectivity index (χ0) is 24.4. The maximum absolute atomic E-state index is 14.6. The summed E-state index contributed by atoms with van der Waals surface area (Å²) in [5.74, 6) is -0.400. The Balaban J connectivity index is 0.00000111. The number of carbonyl (C=O) groups is 1. The van der Waals surface area contributed by atoms with E-state index in [1.807, 2.05) is 19.9 Å². The van der Waals surface area contributed by atoms with Crippen LogP contribution in [0.15, 0.2) is 36.5 Å². The fraction of sp³-hybridized carbons (Fsp3) is 0.360. The Kier molecular flexibility index (Phi) is 7.82. The summed E-state index contributed by atoms with van der Waals surface area (Å²) in [4.78, 5) is 18.7. The number of β-amino-alcohol motifs (C(OH)–C–C–N with tert-alkyl or cyclic N) is 1. The molecule has 2 aromatic heterocycles. The molecule has 1 aromatic carbocycles. The molecule has 8 nitrogen and oxygen atoms in total. The van der Waals surface area contributed by atoms with Crippen LogP contribution in [0.3, 0.4) is 0 Å². The predicted octanol–water partition coefficient (Wildman–Crippen LogP) is 3.76. The molecular weight excluding hydrogens is 454 g/mol. The summed E-state index contributed by atoms with van der Waals surface area (Å²) >= 11 is 0. The molecule has 2 atom stereocenters. The Morgan fingerprint density at radius 2 is 2.03 bits per heavy atom. The van der Waals surface area contributed by atoms with Crippen LogP contribution in [0, 0.1) is 17.1 Å². The van der Waals surface area contributed by atoms with Crippen LogP contribution in [0.4, 0.5) is 14.6 Å². The molecule has 0 saturated carbocycles. The number of nitrogens with zero attached hydrogens (tertiary/aromatic N) is 5. The second-order valence-electron chi connectivity index (χ2n) is 7.74. The van der Waals surface area contributed by atoms with Gasteiger partial charge in [0.1, 0.15) is 18.1 Å². The number of nitriles is 1. The van der Waals surface area contributed by atoms with Gasteiger partial charge in [0.05, 0.1) is 46.4 Å². The Hall–Kier alpha value is -3.84. The third kappa shape index (κ3) is 4.72. The monoisotopic (exact) mass is 482 g/mol. The number of carbonyl (C=O) groups excluding carboxylic acids is 1. The number of halogens is 2. The van der Waals surface area contributed by atoms with Gasteiger partial charge in [-0.1, -0.05) is 27.3 Å². The first-order valence-electron chi connectivity index (χ1n) is 11.1. The van der Waals surface area contributed by atoms with Crippen LogP contribution in [0.25, 0.3) is 16.9 Å². The number of alkyl halides is 1. The van der Waals surface area contributed by atoms with Crippen LogP contribution in [0.1, 0.15) is 49.3 Å². The van der Waals surface area contributed by atoms with Gasteiger partial charge in [-0.25, -0.2) is 18.4 Å². The van der Waals surface area contributed by atoms with Gasteiger partial charge in [0, 0.05) is 25.4 Å². The number of rotatable bonds is 3. The van der Waals surface area contributed by atoms with Gasteiger partial charge < -0.3 is 15.3 Å². The van der Waals surface area contributed by atoms with Crippen molar-refractivity contribution < 1.29 is 18.7 Å². The zero-order valence-corrected chi connectivity index (χ0v) is 18.8. The summed E-state index contributed by atoms with van der Waals surface area (Å²) in [6.45, 7) is 4.69. The Labute approximate surface area is 202 Å². The van der Waals surface area contributed by atoms with E-state index in [4.69, 9.17) is 0 Å². The molecule has 4 heterocycles. The van der Waals surface area contributed by atoms with Crippen molar-refractivity contribution in [3.63, 3.8) is 0 Å². The standard InChI is InChI=1S/C22H18F2N6O2.C2H6.CH4/c23-13-4-6-29(11-18(13)31)19-5-7-30(28-19)17-8-15(27-16-10-26-22(32)21(16)17)20-12(9-25)2-1-3-14(20)24;1-2;/h1-3,5,7-8,13,18,31H,4,6,10-11H2,(H,26,32);1-2H3;1H4. The van der Waals surface area contributed by atoms with Crippen LogP contribution in [0.2, 0.25) is 0 Å². The first kappa shape index (κ1) is 25.8. The molecule has 2 N–H and O–H groups in total. The maximum Gasteiger partial charge on any atom is 0.255 e. The van der Waals surface area contributed by atoms with E-state index in [-0.39, 0.29) is 49.7 Å². The predicted molar refractivity (Wildman–Crippen MR) is 128 cm³/mol. The lowest BCUT2D eigenvalue weighted by Crippen LogP contribution is -2.45. The average molecular weight is 483 g/mol. The van der Waals surface area contributed by atoms with E-state index in [0.29, 0.717) is 29.3 Å². The summed E-state index contributed by atoms with van der Waals surface area (Å²) in [5, 5.41) is 26.5. The van der Waals surface area contributed by atoms with Crippen molar-refractivity contribution in [3.05, 3.63) is 59.2 Å². The summed E-state index contributed by atoms with van der Waals surface area (Å²) < 4.78 is 29.7. The summed E-state index contributed by atoms with van der Waals surface area (Å²) in [7, 11) is 0. The molecule has 0 bridgehead atoms. The molecule has 0 aliphatic carbocycles. The number of hydrogen-bond donors (Lipinski definition) is 2. The zero-order valence-electron chi connectivity index (χ0n) is 18.8. The molecule has 0 radical (unpaired) electrons. The van der Waals surface area contributed by atoms with Crippen LogP contribution in [0.5, 0.6) is 0 Å². The summed E-state index contributed by atoms with van der Waals surface area (Å²) in [6, 6.07) is 9.41. The number of aromatic nitrogens is 3. The largest absolute Gasteiger partial charge is 0.388 e. The number of benzene rings is 1. The van der Waals surface area contributed by atoms with Crippen LogP contribution in [-0.4, -0.2) is 51.1 Å². The highest BCUT2D eigenvalue weighted by molar-refractivity contribution is 6.01. The van der Waals surface area contributed by atoms with Crippen molar-refractivity contribution in [2.75, 3.05) is 18.0 Å². The topological polar surface area (TPSA) is 107 Å². The molecule has 1 amide bonds. The molecule has 1 fully saturated rings. The van der Waals surface area contributed by atoms with Crippen LogP contribution < -0.4 is 10.2 Å². The van der Waals surface area contributed by atoms with Gasteiger partial charge >= 0.3 is 0 Å². The van der Waals surface area contributed by atoms with Crippen molar-refractivity contribution >= 4 is 11.7 Å². The second kappa shape index (κ2) is 10.6. The van der Waals surface area contributed by atoms with Crippen molar-refractivity contribution in [1.82, 2.24) is 20.1 Å². The van der Waals surface area contributed by atoms with E-state index >= 15 is 0 Å². The van der Waals surface area contributed by atoms with E-state index in [1.165, 1.54) is 28.9 Å². The number of aliphatic hydroxyl groups is 1. The molecule has 3 aromatic rings. The number of nitrogens with one attached hydrogen (secondary N) is 1. The van der Waals surface area contributed by atoms with Gasteiger partial charge in [-0.3, -0.25) is 4.79 Å². The number of anilines is 1. The molecule has 35 heavy (non-hydrogen) atoms. The van der Waals surface area contributed by atoms with E-state index in [1.54, 1.807) is 17.2 Å². The quantitative estimate of drug-likeness (QED) is 0.589. The molecule has 2 aliphatic heterocycles. The molecule has 184 valence electrons. The highest BCUT2D eigenvalue weighted by atomic mass is 19.1. The van der Waals surface area contributed by atoms with Crippen molar-refractivity contribution in [1.29, 1.82) is 5.26 Å². The fourth-order valence-corrected chi connectivity index (χ4v) is 4.13. The smallest absolute Gasteiger partial charge is 0.255 e. The molecule has 5 rings (SSSR count). The number of hydrogen-bond acceptors (Lipinski definition) is 6. The normalized spacial score (nSPS) is 18.5. The van der Waals surface area contributed by atoms with E-state index in [2.05, 4.69) is 15.4 Å². The summed E-state index contributed by atoms with van der Waals surface area (Å²) in [6.07, 6.45) is -0.531. The highest BCUT2D eigenvalue weighted by Gasteiger charge is 2.30. The van der Waals surface area contributed by atoms with E-state index in [0.717, 1.165) is 0 Å². The lowest BCUT2D eigenvalue weighted by molar-refractivity contribution is 0.0642. The Morgan fingerprint density at radius 3 is 2.74 bits per heavy atom. The average Bonchev–Trinajstić information content (AvgIpc) is 3.49. The second-order valence-corrected chi connectivity index (χ2v) is 7.74. The van der Waals surface area contributed by atoms with Crippen LogP contribution in [-0.2, 0) is 6.54 Å². The molecule has 10 heteroatoms. The molecule has 1 saturated heterocycles. The highest BCUT2D eigenvalue weighted by Crippen LogP contribution is 2.32. The third-order valence-corrected chi connectivity index (χ3v) is 5.75. The van der Waals surface area contributed by atoms with Gasteiger partial charge in [0.15, 0.2) is 5.82 Å². The molecular formula is C25H28F2N6O2. The maximum atomic E-state index is 14.6. The fourth-order valence-electron chi connectivity index (χ4n) is 4.13. The molecule has 0 spiro atoms. The van der Waals surface area contributed by atoms with Crippen LogP contribution >= 0.6 is 0 Å². The molecule has 2 unspecified atom stereocenters. The van der Waals surface area contributed by atoms with Gasteiger partial charge in [0.25, 0.3) is 5.91 Å². The lowest BCUT2D eigenvalue weighted by atomic mass is 10.0. The lowest BCUT2D eigenvalue weighted by Gasteiger charge is -2.32. The number of piperidine rings is 1. The van der Waals surface area contributed by atoms with E-state index < -0.39 is 18.1 Å². The minimum atomic E-state index is -1.27. The number of pyridine rings is 1.